The fourth-order valence-electron chi connectivity index (χ4n) is 3.08. The lowest BCUT2D eigenvalue weighted by atomic mass is 10.2. The molecule has 1 saturated heterocycles. The number of sulfonamides is 1. The molecule has 1 heterocycles. The molecule has 2 aromatic carbocycles. The number of hydrogen-bond acceptors (Lipinski definition) is 4. The third-order valence-electron chi connectivity index (χ3n) is 4.63. The molecule has 1 aliphatic heterocycles. The summed E-state index contributed by atoms with van der Waals surface area (Å²) in [6.07, 6.45) is -2.67. The van der Waals surface area contributed by atoms with Crippen molar-refractivity contribution < 1.29 is 31.2 Å². The van der Waals surface area contributed by atoms with Gasteiger partial charge in [0.25, 0.3) is 21.8 Å². The minimum absolute atomic E-state index is 0.121. The Morgan fingerprint density at radius 3 is 2.23 bits per heavy atom. The molecule has 2 aromatic rings. The minimum atomic E-state index is -4.58. The maximum Gasteiger partial charge on any atom is 0.405 e. The Kier molecular flexibility index (Phi) is 6.54. The zero-order chi connectivity index (χ0) is 22.6. The number of carbonyl (C=O) groups is 2. The molecule has 1 fully saturated rings. The number of rotatable bonds is 6. The van der Waals surface area contributed by atoms with Crippen molar-refractivity contribution in [2.75, 3.05) is 24.4 Å². The van der Waals surface area contributed by atoms with Crippen LogP contribution >= 0.6 is 0 Å². The minimum Gasteiger partial charge on any atom is -0.343 e. The molecular formula is C20H20F3N3O4S. The molecule has 0 aliphatic carbocycles. The Morgan fingerprint density at radius 1 is 0.968 bits per heavy atom. The normalized spacial score (nSPS) is 14.4. The molecule has 7 nitrogen and oxygen atoms in total. The number of hydrogen-bond donors (Lipinski definition) is 2. The van der Waals surface area contributed by atoms with Gasteiger partial charge in [0.1, 0.15) is 6.54 Å². The van der Waals surface area contributed by atoms with Crippen LogP contribution in [-0.4, -0.2) is 50.9 Å². The van der Waals surface area contributed by atoms with Crippen LogP contribution in [0.25, 0.3) is 0 Å². The fraction of sp³-hybridized carbons (Fsp3) is 0.300. The molecule has 31 heavy (non-hydrogen) atoms. The zero-order valence-corrected chi connectivity index (χ0v) is 17.1. The van der Waals surface area contributed by atoms with E-state index in [4.69, 9.17) is 0 Å². The van der Waals surface area contributed by atoms with E-state index >= 15 is 0 Å². The summed E-state index contributed by atoms with van der Waals surface area (Å²) >= 11 is 0. The molecule has 0 spiro atoms. The van der Waals surface area contributed by atoms with Crippen LogP contribution in [0, 0.1) is 0 Å². The van der Waals surface area contributed by atoms with Crippen LogP contribution < -0.4 is 10.0 Å². The van der Waals surface area contributed by atoms with E-state index in [1.165, 1.54) is 42.5 Å². The molecule has 11 heteroatoms. The van der Waals surface area contributed by atoms with Crippen LogP contribution in [0.3, 0.4) is 0 Å². The number of halogens is 3. The predicted molar refractivity (Wildman–Crippen MR) is 107 cm³/mol. The predicted octanol–water partition coefficient (Wildman–Crippen LogP) is 3.02. The molecule has 0 radical (unpaired) electrons. The lowest BCUT2D eigenvalue weighted by Crippen LogP contribution is -2.33. The third kappa shape index (κ3) is 5.97. The summed E-state index contributed by atoms with van der Waals surface area (Å²) in [6, 6.07) is 10.6. The lowest BCUT2D eigenvalue weighted by Gasteiger charge is -2.15. The van der Waals surface area contributed by atoms with E-state index in [0.29, 0.717) is 18.7 Å². The highest BCUT2D eigenvalue weighted by atomic mass is 32.2. The Balaban J connectivity index is 1.70. The summed E-state index contributed by atoms with van der Waals surface area (Å²) in [5, 5.41) is 1.69. The fourth-order valence-corrected chi connectivity index (χ4v) is 4.19. The zero-order valence-electron chi connectivity index (χ0n) is 16.3. The van der Waals surface area contributed by atoms with Gasteiger partial charge in [0.15, 0.2) is 0 Å². The first-order valence-electron chi connectivity index (χ1n) is 9.42. The number of likely N-dealkylation sites (tertiary alicyclic amines) is 1. The van der Waals surface area contributed by atoms with Crippen LogP contribution in [0.15, 0.2) is 53.4 Å². The first-order valence-corrected chi connectivity index (χ1v) is 10.9. The first kappa shape index (κ1) is 22.6. The van der Waals surface area contributed by atoms with E-state index in [0.717, 1.165) is 18.9 Å². The molecule has 3 rings (SSSR count). The Morgan fingerprint density at radius 2 is 1.61 bits per heavy atom. The summed E-state index contributed by atoms with van der Waals surface area (Å²) in [6.45, 7) is -0.135. The third-order valence-corrected chi connectivity index (χ3v) is 6.01. The van der Waals surface area contributed by atoms with Gasteiger partial charge in [-0.15, -0.1) is 0 Å². The van der Waals surface area contributed by atoms with E-state index < -0.39 is 28.7 Å². The van der Waals surface area contributed by atoms with Crippen LogP contribution in [-0.2, 0) is 10.0 Å². The highest BCUT2D eigenvalue weighted by Gasteiger charge is 2.28. The van der Waals surface area contributed by atoms with Crippen LogP contribution in [0.2, 0.25) is 0 Å². The Hall–Kier alpha value is -3.08. The number of nitrogens with zero attached hydrogens (tertiary/aromatic N) is 1. The van der Waals surface area contributed by atoms with Crippen molar-refractivity contribution in [3.05, 3.63) is 59.7 Å². The van der Waals surface area contributed by atoms with Gasteiger partial charge in [0.2, 0.25) is 0 Å². The Labute approximate surface area is 177 Å². The standard InChI is InChI=1S/C20H20F3N3O4S/c21-20(22,23)13-24-18(27)15-4-3-5-17(12-15)31(29,30)25-16-8-6-14(7-9-16)19(28)26-10-1-2-11-26/h3-9,12,25H,1-2,10-11,13H2,(H,24,27). The molecule has 1 aliphatic rings. The topological polar surface area (TPSA) is 95.6 Å². The second-order valence-corrected chi connectivity index (χ2v) is 8.69. The summed E-state index contributed by atoms with van der Waals surface area (Å²) < 4.78 is 64.4. The second kappa shape index (κ2) is 8.96. The maximum absolute atomic E-state index is 12.6. The highest BCUT2D eigenvalue weighted by Crippen LogP contribution is 2.20. The molecular weight excluding hydrogens is 435 g/mol. The van der Waals surface area contributed by atoms with Gasteiger partial charge in [-0.1, -0.05) is 6.07 Å². The molecule has 0 saturated carbocycles. The van der Waals surface area contributed by atoms with Crippen molar-refractivity contribution in [1.82, 2.24) is 10.2 Å². The number of amides is 2. The SMILES string of the molecule is O=C(NCC(F)(F)F)c1cccc(S(=O)(=O)Nc2ccc(C(=O)N3CCCC3)cc2)c1. The first-order chi connectivity index (χ1) is 14.5. The molecule has 0 bridgehead atoms. The molecule has 2 amide bonds. The van der Waals surface area contributed by atoms with Crippen molar-refractivity contribution in [2.45, 2.75) is 23.9 Å². The second-order valence-electron chi connectivity index (χ2n) is 7.01. The van der Waals surface area contributed by atoms with Crippen LogP contribution in [0.4, 0.5) is 18.9 Å². The number of anilines is 1. The van der Waals surface area contributed by atoms with Gasteiger partial charge >= 0.3 is 6.18 Å². The molecule has 0 atom stereocenters. The van der Waals surface area contributed by atoms with E-state index in [-0.39, 0.29) is 22.1 Å². The van der Waals surface area contributed by atoms with Gasteiger partial charge in [-0.2, -0.15) is 13.2 Å². The van der Waals surface area contributed by atoms with E-state index in [1.54, 1.807) is 10.2 Å². The van der Waals surface area contributed by atoms with Gasteiger partial charge in [-0.3, -0.25) is 14.3 Å². The maximum atomic E-state index is 12.6. The number of carbonyl (C=O) groups excluding carboxylic acids is 2. The van der Waals surface area contributed by atoms with Crippen LogP contribution in [0.1, 0.15) is 33.6 Å². The largest absolute Gasteiger partial charge is 0.405 e. The van der Waals surface area contributed by atoms with Gasteiger partial charge < -0.3 is 10.2 Å². The van der Waals surface area contributed by atoms with Crippen molar-refractivity contribution in [3.63, 3.8) is 0 Å². The summed E-state index contributed by atoms with van der Waals surface area (Å²) in [4.78, 5) is 25.7. The van der Waals surface area contributed by atoms with Crippen LogP contribution in [0.5, 0.6) is 0 Å². The summed E-state index contributed by atoms with van der Waals surface area (Å²) in [5.41, 5.74) is 0.414. The highest BCUT2D eigenvalue weighted by molar-refractivity contribution is 7.92. The summed E-state index contributed by atoms with van der Waals surface area (Å²) in [5.74, 6) is -1.16. The number of nitrogens with one attached hydrogen (secondary N) is 2. The van der Waals surface area contributed by atoms with Crippen molar-refractivity contribution in [2.24, 2.45) is 0 Å². The summed E-state index contributed by atoms with van der Waals surface area (Å²) in [7, 11) is -4.11. The van der Waals surface area contributed by atoms with Gasteiger partial charge in [0.05, 0.1) is 4.90 Å². The van der Waals surface area contributed by atoms with E-state index in [1.807, 2.05) is 0 Å². The lowest BCUT2D eigenvalue weighted by molar-refractivity contribution is -0.123. The molecule has 166 valence electrons. The molecule has 0 unspecified atom stereocenters. The molecule has 0 aromatic heterocycles. The smallest absolute Gasteiger partial charge is 0.343 e. The van der Waals surface area contributed by atoms with Crippen molar-refractivity contribution in [3.8, 4) is 0 Å². The monoisotopic (exact) mass is 455 g/mol. The van der Waals surface area contributed by atoms with Gasteiger partial charge in [-0.25, -0.2) is 8.42 Å². The number of alkyl halides is 3. The van der Waals surface area contributed by atoms with Crippen molar-refractivity contribution >= 4 is 27.5 Å². The Bertz CT molecular complexity index is 1060. The van der Waals surface area contributed by atoms with E-state index in [9.17, 15) is 31.2 Å². The number of benzene rings is 2. The average Bonchev–Trinajstić information content (AvgIpc) is 3.26. The van der Waals surface area contributed by atoms with Crippen molar-refractivity contribution in [1.29, 1.82) is 0 Å². The van der Waals surface area contributed by atoms with Gasteiger partial charge in [0, 0.05) is 29.9 Å². The quantitative estimate of drug-likeness (QED) is 0.700. The average molecular weight is 455 g/mol. The molecule has 2 N–H and O–H groups in total. The van der Waals surface area contributed by atoms with E-state index in [2.05, 4.69) is 4.72 Å². The van der Waals surface area contributed by atoms with Gasteiger partial charge in [-0.05, 0) is 55.3 Å².